The Morgan fingerprint density at radius 2 is 2.22 bits per heavy atom. The fourth-order valence-corrected chi connectivity index (χ4v) is 1.33. The van der Waals surface area contributed by atoms with Gasteiger partial charge in [0.25, 0.3) is 0 Å². The van der Waals surface area contributed by atoms with E-state index in [1.54, 1.807) is 13.0 Å². The molecule has 0 saturated heterocycles. The van der Waals surface area contributed by atoms with Gasteiger partial charge in [-0.1, -0.05) is 0 Å². The van der Waals surface area contributed by atoms with Gasteiger partial charge in [0.2, 0.25) is 6.79 Å². The molecule has 0 amide bonds. The molecule has 0 saturated carbocycles. The summed E-state index contributed by atoms with van der Waals surface area (Å²) in [4.78, 5) is 25.1. The molecule has 18 heavy (non-hydrogen) atoms. The first-order valence-electron chi connectivity index (χ1n) is 5.23. The second-order valence-electron chi connectivity index (χ2n) is 3.26. The molecule has 1 N–H and O–H groups in total. The van der Waals surface area contributed by atoms with Gasteiger partial charge in [-0.3, -0.25) is 0 Å². The largest absolute Gasteiger partial charge is 0.511 e. The summed E-state index contributed by atoms with van der Waals surface area (Å²) in [7, 11) is 0. The summed E-state index contributed by atoms with van der Waals surface area (Å²) in [5, 5.41) is 0. The summed E-state index contributed by atoms with van der Waals surface area (Å²) in [6, 6.07) is 3.18. The number of carbonyl (C=O) groups excluding carboxylic acids is 2. The van der Waals surface area contributed by atoms with Gasteiger partial charge < -0.3 is 23.6 Å². The molecule has 0 aromatic carbocycles. The molecule has 2 rings (SSSR count). The zero-order valence-electron chi connectivity index (χ0n) is 9.60. The first kappa shape index (κ1) is 12.0. The lowest BCUT2D eigenvalue weighted by Gasteiger charge is -2.04. The minimum atomic E-state index is -0.884. The highest BCUT2D eigenvalue weighted by Gasteiger charge is 2.13. The quantitative estimate of drug-likeness (QED) is 0.665. The van der Waals surface area contributed by atoms with E-state index in [9.17, 15) is 9.59 Å². The van der Waals surface area contributed by atoms with Crippen molar-refractivity contribution in [3.63, 3.8) is 0 Å². The maximum absolute atomic E-state index is 11.5. The highest BCUT2D eigenvalue weighted by Crippen LogP contribution is 2.16. The third-order valence-corrected chi connectivity index (χ3v) is 2.09. The van der Waals surface area contributed by atoms with Crippen LogP contribution in [0.4, 0.5) is 4.79 Å². The average molecular weight is 255 g/mol. The second kappa shape index (κ2) is 5.26. The maximum atomic E-state index is 11.5. The van der Waals surface area contributed by atoms with Crippen LogP contribution in [0.2, 0.25) is 0 Å². The Balaban J connectivity index is 0.00000180. The molecule has 0 fully saturated rings. The van der Waals surface area contributed by atoms with Crippen LogP contribution in [-0.2, 0) is 14.2 Å². The summed E-state index contributed by atoms with van der Waals surface area (Å²) >= 11 is 0. The van der Waals surface area contributed by atoms with E-state index >= 15 is 0 Å². The Morgan fingerprint density at radius 1 is 1.39 bits per heavy atom. The van der Waals surface area contributed by atoms with Crippen molar-refractivity contribution in [1.29, 1.82) is 0 Å². The number of furan rings is 1. The minimum absolute atomic E-state index is 0. The summed E-state index contributed by atoms with van der Waals surface area (Å²) in [6.45, 7) is 1.33. The van der Waals surface area contributed by atoms with Crippen molar-refractivity contribution < 1.29 is 29.6 Å². The number of carbonyl (C=O) groups is 2. The van der Waals surface area contributed by atoms with Crippen LogP contribution < -0.4 is 0 Å². The van der Waals surface area contributed by atoms with Crippen LogP contribution in [-0.4, -0.2) is 30.5 Å². The van der Waals surface area contributed by atoms with Gasteiger partial charge in [0.1, 0.15) is 5.69 Å². The number of hydrogen-bond acceptors (Lipinski definition) is 6. The van der Waals surface area contributed by atoms with Crippen molar-refractivity contribution >= 4 is 23.2 Å². The first-order valence-corrected chi connectivity index (χ1v) is 5.23. The predicted molar refractivity (Wildman–Crippen MR) is 61.1 cm³/mol. The Bertz CT molecular complexity index is 532. The first-order chi connectivity index (χ1) is 8.70. The third-order valence-electron chi connectivity index (χ3n) is 2.09. The Labute approximate surface area is 103 Å². The van der Waals surface area contributed by atoms with Crippen molar-refractivity contribution in [3.05, 3.63) is 24.1 Å². The van der Waals surface area contributed by atoms with Gasteiger partial charge in [-0.05, 0) is 6.92 Å². The maximum Gasteiger partial charge on any atom is 0.511 e. The van der Waals surface area contributed by atoms with E-state index in [1.807, 2.05) is 0 Å². The average Bonchev–Trinajstić information content (AvgIpc) is 2.89. The van der Waals surface area contributed by atoms with E-state index in [-0.39, 0.29) is 13.7 Å². The van der Waals surface area contributed by atoms with Crippen LogP contribution in [0.5, 0.6) is 0 Å². The van der Waals surface area contributed by atoms with E-state index in [1.165, 1.54) is 12.3 Å². The molecular weight excluding hydrogens is 242 g/mol. The fraction of sp³-hybridized carbons (Fsp3) is 0.273. The topological polar surface area (TPSA) is 90.8 Å². The molecule has 0 unspecified atom stereocenters. The van der Waals surface area contributed by atoms with Gasteiger partial charge in [0, 0.05) is 13.6 Å². The van der Waals surface area contributed by atoms with Crippen molar-refractivity contribution in [3.8, 4) is 0 Å². The van der Waals surface area contributed by atoms with E-state index < -0.39 is 18.9 Å². The number of fused-ring (bicyclic) bond motifs is 1. The summed E-state index contributed by atoms with van der Waals surface area (Å²) in [6.07, 6.45) is 0.616. The normalized spacial score (nSPS) is 10.3. The van der Waals surface area contributed by atoms with Crippen LogP contribution in [0.1, 0.15) is 18.8 Å². The number of aromatic nitrogens is 1. The second-order valence-corrected chi connectivity index (χ2v) is 3.26. The lowest BCUT2D eigenvalue weighted by atomic mass is 10.4. The van der Waals surface area contributed by atoms with E-state index in [4.69, 9.17) is 9.15 Å². The SMILES string of the molecule is CCOC(=O)OCOC(=O)c1cc2occc2[nH]1.[HH]. The number of aromatic amines is 1. The number of esters is 1. The number of nitrogens with one attached hydrogen (secondary N) is 1. The lowest BCUT2D eigenvalue weighted by molar-refractivity contribution is -0.0265. The monoisotopic (exact) mass is 255 g/mol. The molecule has 0 spiro atoms. The molecule has 0 aliphatic heterocycles. The fourth-order valence-electron chi connectivity index (χ4n) is 1.33. The molecule has 0 aliphatic rings. The summed E-state index contributed by atoms with van der Waals surface area (Å²) < 4.78 is 18.8. The van der Waals surface area contributed by atoms with Crippen LogP contribution in [0.3, 0.4) is 0 Å². The Kier molecular flexibility index (Phi) is 3.52. The number of hydrogen-bond donors (Lipinski definition) is 1. The molecule has 98 valence electrons. The molecule has 2 heterocycles. The Hall–Kier alpha value is -2.44. The van der Waals surface area contributed by atoms with Gasteiger partial charge in [0.05, 0.1) is 18.4 Å². The minimum Gasteiger partial charge on any atom is -0.463 e. The molecule has 0 atom stereocenters. The molecule has 7 nitrogen and oxygen atoms in total. The Morgan fingerprint density at radius 3 is 2.94 bits per heavy atom. The highest BCUT2D eigenvalue weighted by molar-refractivity contribution is 5.93. The summed E-state index contributed by atoms with van der Waals surface area (Å²) in [5.41, 5.74) is 1.46. The van der Waals surface area contributed by atoms with Crippen molar-refractivity contribution in [2.45, 2.75) is 6.92 Å². The van der Waals surface area contributed by atoms with Crippen molar-refractivity contribution in [2.24, 2.45) is 0 Å². The van der Waals surface area contributed by atoms with Gasteiger partial charge >= 0.3 is 12.1 Å². The van der Waals surface area contributed by atoms with Crippen LogP contribution in [0.15, 0.2) is 22.8 Å². The number of ether oxygens (including phenoxy) is 3. The predicted octanol–water partition coefficient (Wildman–Crippen LogP) is 2.29. The van der Waals surface area contributed by atoms with Gasteiger partial charge in [-0.15, -0.1) is 0 Å². The molecule has 0 bridgehead atoms. The highest BCUT2D eigenvalue weighted by atomic mass is 16.8. The van der Waals surface area contributed by atoms with Crippen molar-refractivity contribution in [2.75, 3.05) is 13.4 Å². The standard InChI is InChI=1S/C11H11NO6.H2/c1-2-15-11(14)18-6-17-10(13)8-5-9-7(12-8)3-4-16-9;/h3-5,12H,2,6H2,1H3;1H. The molecule has 2 aromatic heterocycles. The molecule has 2 aromatic rings. The van der Waals surface area contributed by atoms with Crippen LogP contribution in [0, 0.1) is 0 Å². The zero-order chi connectivity index (χ0) is 13.0. The van der Waals surface area contributed by atoms with E-state index in [0.717, 1.165) is 0 Å². The van der Waals surface area contributed by atoms with Gasteiger partial charge in [-0.25, -0.2) is 9.59 Å². The smallest absolute Gasteiger partial charge is 0.463 e. The molecule has 0 radical (unpaired) electrons. The third kappa shape index (κ3) is 2.62. The molecule has 0 aliphatic carbocycles. The van der Waals surface area contributed by atoms with Crippen molar-refractivity contribution in [1.82, 2.24) is 4.98 Å². The van der Waals surface area contributed by atoms with Gasteiger partial charge in [0.15, 0.2) is 5.58 Å². The van der Waals surface area contributed by atoms with Crippen LogP contribution in [0.25, 0.3) is 11.1 Å². The number of H-pyrrole nitrogens is 1. The van der Waals surface area contributed by atoms with E-state index in [2.05, 4.69) is 14.5 Å². The molecular formula is C11H13NO6. The molecule has 7 heteroatoms. The van der Waals surface area contributed by atoms with E-state index in [0.29, 0.717) is 11.1 Å². The number of rotatable bonds is 4. The van der Waals surface area contributed by atoms with Gasteiger partial charge in [-0.2, -0.15) is 0 Å². The zero-order valence-corrected chi connectivity index (χ0v) is 9.60. The van der Waals surface area contributed by atoms with Crippen LogP contribution >= 0.6 is 0 Å². The lowest BCUT2D eigenvalue weighted by Crippen LogP contribution is -2.14. The summed E-state index contributed by atoms with van der Waals surface area (Å²) in [5.74, 6) is -0.648.